The van der Waals surface area contributed by atoms with E-state index in [2.05, 4.69) is 15.9 Å². The molecule has 34 heavy (non-hydrogen) atoms. The van der Waals surface area contributed by atoms with E-state index in [1.807, 2.05) is 32.0 Å². The zero-order chi connectivity index (χ0) is 24.9. The average molecular weight is 481 g/mol. The topological polar surface area (TPSA) is 105 Å². The first-order chi connectivity index (χ1) is 16.0. The Kier molecular flexibility index (Phi) is 7.63. The van der Waals surface area contributed by atoms with Crippen LogP contribution >= 0.6 is 0 Å². The number of anilines is 1. The molecule has 8 heteroatoms. The van der Waals surface area contributed by atoms with Gasteiger partial charge in [-0.2, -0.15) is 0 Å². The van der Waals surface area contributed by atoms with Gasteiger partial charge in [-0.05, 0) is 73.2 Å². The van der Waals surface area contributed by atoms with Crippen molar-refractivity contribution in [2.75, 3.05) is 11.6 Å². The van der Waals surface area contributed by atoms with Gasteiger partial charge in [0.05, 0.1) is 5.56 Å². The van der Waals surface area contributed by atoms with Gasteiger partial charge in [-0.1, -0.05) is 30.3 Å². The monoisotopic (exact) mass is 480 g/mol. The first kappa shape index (κ1) is 24.9. The Balaban J connectivity index is 1.74. The lowest BCUT2D eigenvalue weighted by atomic mass is 10.0. The summed E-state index contributed by atoms with van der Waals surface area (Å²) < 4.78 is 20.1. The number of ether oxygens (including phenoxy) is 1. The van der Waals surface area contributed by atoms with Gasteiger partial charge in [0.15, 0.2) is 0 Å². The molecule has 0 saturated carbocycles. The van der Waals surface area contributed by atoms with Crippen LogP contribution in [0.4, 0.5) is 5.69 Å². The largest absolute Gasteiger partial charge is 0.507 e. The maximum atomic E-state index is 12.7. The number of carbonyl (C=O) groups is 2. The standard InChI is InChI=1S/C26H28N2O5S/c1-17-14-19(10-13-24(30)28-34(3,4)32)15-18(2)25(17)33-21-11-12-23(29)22(16-21)26(31)27-20-8-6-5-7-9-20/h5-9,11-12,14-16,29H,3,10,13H2,1-2,4H3,(H,27,31)(H,28,30,32). The molecular formula is C26H28N2O5S. The minimum absolute atomic E-state index is 0.0946. The molecule has 1 atom stereocenters. The molecule has 0 aliphatic carbocycles. The van der Waals surface area contributed by atoms with Gasteiger partial charge in [0.25, 0.3) is 5.91 Å². The Morgan fingerprint density at radius 3 is 2.29 bits per heavy atom. The molecule has 178 valence electrons. The molecule has 0 heterocycles. The Labute approximate surface area is 199 Å². The van der Waals surface area contributed by atoms with E-state index < -0.39 is 15.6 Å². The highest BCUT2D eigenvalue weighted by atomic mass is 32.2. The second-order valence-corrected chi connectivity index (χ2v) is 10.4. The molecule has 0 aliphatic rings. The summed E-state index contributed by atoms with van der Waals surface area (Å²) in [4.78, 5) is 24.6. The minimum atomic E-state index is -2.58. The van der Waals surface area contributed by atoms with E-state index in [4.69, 9.17) is 4.74 Å². The smallest absolute Gasteiger partial charge is 0.259 e. The second-order valence-electron chi connectivity index (χ2n) is 8.19. The summed E-state index contributed by atoms with van der Waals surface area (Å²) in [6.45, 7) is 3.79. The van der Waals surface area contributed by atoms with Crippen LogP contribution in [-0.4, -0.2) is 33.3 Å². The van der Waals surface area contributed by atoms with Gasteiger partial charge in [-0.15, -0.1) is 0 Å². The van der Waals surface area contributed by atoms with Gasteiger partial charge in [0.1, 0.15) is 17.2 Å². The highest BCUT2D eigenvalue weighted by Crippen LogP contribution is 2.32. The number of phenols is 1. The Bertz CT molecular complexity index is 1300. The summed E-state index contributed by atoms with van der Waals surface area (Å²) in [5.41, 5.74) is 3.37. The molecule has 3 aromatic carbocycles. The van der Waals surface area contributed by atoms with Crippen molar-refractivity contribution >= 4 is 33.1 Å². The van der Waals surface area contributed by atoms with Crippen molar-refractivity contribution in [2.24, 2.45) is 0 Å². The molecule has 2 amide bonds. The predicted molar refractivity (Wildman–Crippen MR) is 136 cm³/mol. The summed E-state index contributed by atoms with van der Waals surface area (Å²) in [6.07, 6.45) is 2.05. The van der Waals surface area contributed by atoms with Crippen molar-refractivity contribution in [3.05, 3.63) is 82.9 Å². The normalized spacial score (nSPS) is 12.4. The van der Waals surface area contributed by atoms with Crippen LogP contribution in [0.1, 0.15) is 33.5 Å². The van der Waals surface area contributed by atoms with Crippen molar-refractivity contribution in [1.29, 1.82) is 0 Å². The molecule has 0 radical (unpaired) electrons. The van der Waals surface area contributed by atoms with Crippen LogP contribution in [0.15, 0.2) is 60.7 Å². The average Bonchev–Trinajstić information content (AvgIpc) is 2.75. The van der Waals surface area contributed by atoms with Gasteiger partial charge >= 0.3 is 0 Å². The number of hydrogen-bond donors (Lipinski definition) is 3. The van der Waals surface area contributed by atoms with Crippen LogP contribution in [0.2, 0.25) is 0 Å². The fourth-order valence-electron chi connectivity index (χ4n) is 3.49. The maximum absolute atomic E-state index is 12.7. The Morgan fingerprint density at radius 2 is 1.68 bits per heavy atom. The number of hydrogen-bond acceptors (Lipinski definition) is 5. The summed E-state index contributed by atoms with van der Waals surface area (Å²) >= 11 is 0. The highest BCUT2D eigenvalue weighted by Gasteiger charge is 2.15. The van der Waals surface area contributed by atoms with E-state index in [0.717, 1.165) is 16.7 Å². The van der Waals surface area contributed by atoms with Crippen molar-refractivity contribution in [1.82, 2.24) is 4.72 Å². The maximum Gasteiger partial charge on any atom is 0.259 e. The molecule has 3 rings (SSSR count). The van der Waals surface area contributed by atoms with Crippen LogP contribution < -0.4 is 14.8 Å². The SMILES string of the molecule is C=S(C)(=O)NC(=O)CCc1cc(C)c(Oc2ccc(O)c(C(=O)Nc3ccccc3)c2)c(C)c1. The van der Waals surface area contributed by atoms with Crippen molar-refractivity contribution in [2.45, 2.75) is 26.7 Å². The molecular weight excluding hydrogens is 452 g/mol. The third-order valence-electron chi connectivity index (χ3n) is 4.95. The zero-order valence-corrected chi connectivity index (χ0v) is 20.2. The molecule has 0 fully saturated rings. The van der Waals surface area contributed by atoms with Crippen LogP contribution in [0, 0.1) is 13.8 Å². The van der Waals surface area contributed by atoms with Crippen LogP contribution in [0.25, 0.3) is 0 Å². The number of carbonyl (C=O) groups excluding carboxylic acids is 2. The van der Waals surface area contributed by atoms with Gasteiger partial charge in [0.2, 0.25) is 5.91 Å². The number of amides is 2. The summed E-state index contributed by atoms with van der Waals surface area (Å²) in [6, 6.07) is 17.3. The van der Waals surface area contributed by atoms with Crippen LogP contribution in [-0.2, 0) is 20.9 Å². The predicted octanol–water partition coefficient (Wildman–Crippen LogP) is 4.36. The lowest BCUT2D eigenvalue weighted by molar-refractivity contribution is -0.119. The van der Waals surface area contributed by atoms with Crippen molar-refractivity contribution in [3.63, 3.8) is 0 Å². The minimum Gasteiger partial charge on any atom is -0.507 e. The molecule has 0 aromatic heterocycles. The summed E-state index contributed by atoms with van der Waals surface area (Å²) in [7, 11) is -2.58. The van der Waals surface area contributed by atoms with E-state index >= 15 is 0 Å². The first-order valence-electron chi connectivity index (χ1n) is 10.6. The van der Waals surface area contributed by atoms with Gasteiger partial charge < -0.3 is 15.2 Å². The lowest BCUT2D eigenvalue weighted by Crippen LogP contribution is -2.29. The number of phenolic OH excluding ortho intramolecular Hbond substituents is 1. The molecule has 3 N–H and O–H groups in total. The number of nitrogens with one attached hydrogen (secondary N) is 2. The molecule has 7 nitrogen and oxygen atoms in total. The van der Waals surface area contributed by atoms with Crippen LogP contribution in [0.5, 0.6) is 17.2 Å². The Hall–Kier alpha value is -3.78. The number of aryl methyl sites for hydroxylation is 3. The van der Waals surface area contributed by atoms with Crippen molar-refractivity contribution in [3.8, 4) is 17.2 Å². The third-order valence-corrected chi connectivity index (χ3v) is 5.61. The van der Waals surface area contributed by atoms with E-state index in [1.54, 1.807) is 30.3 Å². The lowest BCUT2D eigenvalue weighted by Gasteiger charge is -2.15. The number of benzene rings is 3. The fraction of sp³-hybridized carbons (Fsp3) is 0.192. The molecule has 0 saturated heterocycles. The van der Waals surface area contributed by atoms with Gasteiger partial charge in [0, 0.05) is 28.1 Å². The molecule has 0 spiro atoms. The zero-order valence-electron chi connectivity index (χ0n) is 19.4. The van der Waals surface area contributed by atoms with E-state index in [1.165, 1.54) is 18.4 Å². The number of rotatable bonds is 8. The first-order valence-corrected chi connectivity index (χ1v) is 12.8. The Morgan fingerprint density at radius 1 is 1.03 bits per heavy atom. The van der Waals surface area contributed by atoms with Gasteiger partial charge in [-0.25, -0.2) is 4.21 Å². The summed E-state index contributed by atoms with van der Waals surface area (Å²) in [5, 5.41) is 12.9. The van der Waals surface area contributed by atoms with Gasteiger partial charge in [-0.3, -0.25) is 14.3 Å². The molecule has 0 bridgehead atoms. The van der Waals surface area contributed by atoms with Crippen molar-refractivity contribution < 1.29 is 23.6 Å². The quantitative estimate of drug-likeness (QED) is 0.416. The molecule has 3 aromatic rings. The van der Waals surface area contributed by atoms with E-state index in [9.17, 15) is 18.9 Å². The number of aromatic hydroxyl groups is 1. The molecule has 0 aliphatic heterocycles. The highest BCUT2D eigenvalue weighted by molar-refractivity contribution is 7.98. The number of para-hydroxylation sites is 1. The summed E-state index contributed by atoms with van der Waals surface area (Å²) in [5.74, 6) is 3.54. The fourth-order valence-corrected chi connectivity index (χ4v) is 4.08. The van der Waals surface area contributed by atoms with Crippen LogP contribution in [0.3, 0.4) is 0 Å². The van der Waals surface area contributed by atoms with E-state index in [0.29, 0.717) is 23.6 Å². The third kappa shape index (κ3) is 6.86. The van der Waals surface area contributed by atoms with E-state index in [-0.39, 0.29) is 23.6 Å². The second kappa shape index (κ2) is 10.4. The molecule has 1 unspecified atom stereocenters.